The number of nitrogens with zero attached hydrogens (tertiary/aromatic N) is 2. The van der Waals surface area contributed by atoms with Gasteiger partial charge in [0, 0.05) is 11.1 Å². The van der Waals surface area contributed by atoms with Crippen molar-refractivity contribution < 1.29 is 18.8 Å². The van der Waals surface area contributed by atoms with Crippen LogP contribution in [0.3, 0.4) is 0 Å². The number of rotatable bonds is 5. The Morgan fingerprint density at radius 3 is 2.83 bits per heavy atom. The summed E-state index contributed by atoms with van der Waals surface area (Å²) < 4.78 is 24.3. The van der Waals surface area contributed by atoms with Crippen molar-refractivity contribution >= 4 is 0 Å². The summed E-state index contributed by atoms with van der Waals surface area (Å²) in [5, 5.41) is 13.1. The molecule has 0 fully saturated rings. The number of benzene rings is 2. The van der Waals surface area contributed by atoms with Gasteiger partial charge in [0.25, 0.3) is 5.89 Å². The maximum atomic E-state index is 13.6. The molecule has 5 nitrogen and oxygen atoms in total. The predicted octanol–water partition coefficient (Wildman–Crippen LogP) is 3.26. The van der Waals surface area contributed by atoms with Crippen LogP contribution in [0.5, 0.6) is 5.75 Å². The van der Waals surface area contributed by atoms with Crippen LogP contribution >= 0.6 is 0 Å². The van der Waals surface area contributed by atoms with Crippen LogP contribution in [0.15, 0.2) is 47.0 Å². The number of ether oxygens (including phenoxy) is 1. The molecule has 1 aromatic heterocycles. The van der Waals surface area contributed by atoms with E-state index in [1.165, 1.54) is 6.07 Å². The van der Waals surface area contributed by atoms with Crippen LogP contribution in [0.4, 0.5) is 4.39 Å². The number of hydrogen-bond donors (Lipinski definition) is 1. The molecule has 0 bridgehead atoms. The van der Waals surface area contributed by atoms with Crippen LogP contribution in [0, 0.1) is 12.7 Å². The average Bonchev–Trinajstić information content (AvgIpc) is 3.04. The van der Waals surface area contributed by atoms with E-state index in [0.717, 1.165) is 0 Å². The molecule has 1 heterocycles. The zero-order valence-electron chi connectivity index (χ0n) is 12.5. The Labute approximate surface area is 132 Å². The molecule has 0 amide bonds. The first-order valence-corrected chi connectivity index (χ1v) is 7.08. The summed E-state index contributed by atoms with van der Waals surface area (Å²) in [6, 6.07) is 11.9. The van der Waals surface area contributed by atoms with E-state index in [2.05, 4.69) is 10.1 Å². The van der Waals surface area contributed by atoms with Gasteiger partial charge in [0.1, 0.15) is 11.6 Å². The van der Waals surface area contributed by atoms with E-state index in [1.54, 1.807) is 31.2 Å². The molecule has 0 aliphatic rings. The van der Waals surface area contributed by atoms with Gasteiger partial charge in [0.05, 0.1) is 6.61 Å². The van der Waals surface area contributed by atoms with Crippen LogP contribution in [0.2, 0.25) is 0 Å². The minimum absolute atomic E-state index is 0.0678. The predicted molar refractivity (Wildman–Crippen MR) is 81.1 cm³/mol. The van der Waals surface area contributed by atoms with Gasteiger partial charge >= 0.3 is 0 Å². The SMILES string of the molecule is Cc1ccc(-c2noc(COc3ccccc3CO)n2)cc1F. The molecule has 0 saturated carbocycles. The highest BCUT2D eigenvalue weighted by atomic mass is 19.1. The topological polar surface area (TPSA) is 68.4 Å². The molecule has 118 valence electrons. The summed E-state index contributed by atoms with van der Waals surface area (Å²) in [6.45, 7) is 1.64. The second-order valence-corrected chi connectivity index (χ2v) is 5.03. The molecule has 0 aliphatic carbocycles. The average molecular weight is 314 g/mol. The highest BCUT2D eigenvalue weighted by molar-refractivity contribution is 5.54. The van der Waals surface area contributed by atoms with Gasteiger partial charge in [-0.25, -0.2) is 4.39 Å². The normalized spacial score (nSPS) is 10.7. The van der Waals surface area contributed by atoms with Gasteiger partial charge in [-0.3, -0.25) is 0 Å². The monoisotopic (exact) mass is 314 g/mol. The molecule has 0 saturated heterocycles. The number of aromatic nitrogens is 2. The minimum atomic E-state index is -0.318. The molecule has 23 heavy (non-hydrogen) atoms. The van der Waals surface area contributed by atoms with Crippen molar-refractivity contribution in [2.24, 2.45) is 0 Å². The number of hydrogen-bond acceptors (Lipinski definition) is 5. The maximum absolute atomic E-state index is 13.6. The second kappa shape index (κ2) is 6.58. The zero-order chi connectivity index (χ0) is 16.2. The fourth-order valence-electron chi connectivity index (χ4n) is 2.08. The summed E-state index contributed by atoms with van der Waals surface area (Å²) in [7, 11) is 0. The lowest BCUT2D eigenvalue weighted by atomic mass is 10.1. The highest BCUT2D eigenvalue weighted by Crippen LogP contribution is 2.21. The third kappa shape index (κ3) is 3.37. The van der Waals surface area contributed by atoms with Crippen LogP contribution in [-0.4, -0.2) is 15.2 Å². The Hall–Kier alpha value is -2.73. The smallest absolute Gasteiger partial charge is 0.264 e. The Morgan fingerprint density at radius 1 is 1.22 bits per heavy atom. The van der Waals surface area contributed by atoms with E-state index >= 15 is 0 Å². The van der Waals surface area contributed by atoms with Crippen LogP contribution in [0.25, 0.3) is 11.4 Å². The van der Waals surface area contributed by atoms with E-state index in [-0.39, 0.29) is 24.9 Å². The lowest BCUT2D eigenvalue weighted by molar-refractivity contribution is 0.229. The molecular weight excluding hydrogens is 299 g/mol. The maximum Gasteiger partial charge on any atom is 0.264 e. The van der Waals surface area contributed by atoms with Crippen molar-refractivity contribution in [3.05, 3.63) is 65.3 Å². The van der Waals surface area contributed by atoms with Crippen molar-refractivity contribution in [1.82, 2.24) is 10.1 Å². The van der Waals surface area contributed by atoms with Crippen LogP contribution < -0.4 is 4.74 Å². The Balaban J connectivity index is 1.73. The first-order chi connectivity index (χ1) is 11.2. The largest absolute Gasteiger partial charge is 0.483 e. The number of aliphatic hydroxyl groups excluding tert-OH is 1. The Morgan fingerprint density at radius 2 is 2.04 bits per heavy atom. The molecule has 0 atom stereocenters. The summed E-state index contributed by atoms with van der Waals surface area (Å²) in [4.78, 5) is 4.19. The standard InChI is InChI=1S/C17H15FN2O3/c1-11-6-7-12(8-14(11)18)17-19-16(23-20-17)10-22-15-5-3-2-4-13(15)9-21/h2-8,21H,9-10H2,1H3. The summed E-state index contributed by atoms with van der Waals surface area (Å²) in [6.07, 6.45) is 0. The van der Waals surface area contributed by atoms with E-state index in [9.17, 15) is 9.50 Å². The number of aryl methyl sites for hydroxylation is 1. The Bertz CT molecular complexity index is 817. The van der Waals surface area contributed by atoms with Gasteiger partial charge < -0.3 is 14.4 Å². The molecule has 1 N–H and O–H groups in total. The summed E-state index contributed by atoms with van der Waals surface area (Å²) >= 11 is 0. The van der Waals surface area contributed by atoms with Crippen molar-refractivity contribution in [1.29, 1.82) is 0 Å². The molecule has 0 radical (unpaired) electrons. The van der Waals surface area contributed by atoms with Crippen molar-refractivity contribution in [3.8, 4) is 17.1 Å². The minimum Gasteiger partial charge on any atom is -0.483 e. The molecule has 0 unspecified atom stereocenters. The van der Waals surface area contributed by atoms with Gasteiger partial charge in [-0.2, -0.15) is 4.98 Å². The molecular formula is C17H15FN2O3. The van der Waals surface area contributed by atoms with E-state index in [0.29, 0.717) is 28.3 Å². The molecule has 3 rings (SSSR count). The fourth-order valence-corrected chi connectivity index (χ4v) is 2.08. The van der Waals surface area contributed by atoms with Crippen molar-refractivity contribution in [3.63, 3.8) is 0 Å². The molecule has 6 heteroatoms. The molecule has 0 spiro atoms. The fraction of sp³-hybridized carbons (Fsp3) is 0.176. The highest BCUT2D eigenvalue weighted by Gasteiger charge is 2.11. The lowest BCUT2D eigenvalue weighted by Crippen LogP contribution is -1.99. The summed E-state index contributed by atoms with van der Waals surface area (Å²) in [5.74, 6) is 0.810. The van der Waals surface area contributed by atoms with Crippen molar-refractivity contribution in [2.75, 3.05) is 0 Å². The van der Waals surface area contributed by atoms with E-state index < -0.39 is 0 Å². The quantitative estimate of drug-likeness (QED) is 0.783. The third-order valence-electron chi connectivity index (χ3n) is 3.39. The van der Waals surface area contributed by atoms with Crippen molar-refractivity contribution in [2.45, 2.75) is 20.1 Å². The van der Waals surface area contributed by atoms with Crippen LogP contribution in [-0.2, 0) is 13.2 Å². The zero-order valence-corrected chi connectivity index (χ0v) is 12.5. The molecule has 0 aliphatic heterocycles. The molecule has 3 aromatic rings. The van der Waals surface area contributed by atoms with Gasteiger partial charge in [-0.1, -0.05) is 35.5 Å². The van der Waals surface area contributed by atoms with E-state index in [4.69, 9.17) is 9.26 Å². The number of para-hydroxylation sites is 1. The summed E-state index contributed by atoms with van der Waals surface area (Å²) in [5.41, 5.74) is 1.77. The first-order valence-electron chi connectivity index (χ1n) is 7.08. The Kier molecular flexibility index (Phi) is 4.34. The van der Waals surface area contributed by atoms with E-state index in [1.807, 2.05) is 12.1 Å². The first kappa shape index (κ1) is 15.2. The van der Waals surface area contributed by atoms with Crippen LogP contribution in [0.1, 0.15) is 17.0 Å². The number of halogens is 1. The second-order valence-electron chi connectivity index (χ2n) is 5.03. The number of aliphatic hydroxyl groups is 1. The lowest BCUT2D eigenvalue weighted by Gasteiger charge is -2.07. The van der Waals surface area contributed by atoms with Gasteiger partial charge in [-0.05, 0) is 24.6 Å². The van der Waals surface area contributed by atoms with Gasteiger partial charge in [0.15, 0.2) is 6.61 Å². The third-order valence-corrected chi connectivity index (χ3v) is 3.39. The van der Waals surface area contributed by atoms with Gasteiger partial charge in [-0.15, -0.1) is 0 Å². The van der Waals surface area contributed by atoms with Gasteiger partial charge in [0.2, 0.25) is 5.82 Å². The molecule has 2 aromatic carbocycles.